The zero-order valence-electron chi connectivity index (χ0n) is 24.0. The Morgan fingerprint density at radius 3 is 2.57 bits per heavy atom. The number of aryl methyl sites for hydroxylation is 1. The first-order valence-corrected chi connectivity index (χ1v) is 15.0. The molecule has 44 heavy (non-hydrogen) atoms. The number of aromatic nitrogens is 2. The van der Waals surface area contributed by atoms with Crippen LogP contribution in [0.15, 0.2) is 36.8 Å². The molecule has 1 saturated heterocycles. The lowest BCUT2D eigenvalue weighted by molar-refractivity contribution is -0.192. The first-order chi connectivity index (χ1) is 20.8. The molecule has 16 heteroatoms. The number of thioether (sulfide) groups is 1. The predicted octanol–water partition coefficient (Wildman–Crippen LogP) is 2.66. The van der Waals surface area contributed by atoms with E-state index < -0.39 is 30.1 Å². The number of nitrogens with zero attached hydrogens (tertiary/aromatic N) is 4. The molecule has 12 nitrogen and oxygen atoms in total. The number of carbonyl (C=O) groups is 4. The number of rotatable bonds is 14. The van der Waals surface area contributed by atoms with Crippen molar-refractivity contribution in [2.45, 2.75) is 56.9 Å². The van der Waals surface area contributed by atoms with E-state index in [1.807, 2.05) is 28.2 Å². The maximum Gasteiger partial charge on any atom is 0.490 e. The van der Waals surface area contributed by atoms with Crippen LogP contribution in [-0.2, 0) is 32.1 Å². The summed E-state index contributed by atoms with van der Waals surface area (Å²) in [7, 11) is 0. The average Bonchev–Trinajstić information content (AvgIpc) is 3.66. The minimum Gasteiger partial charge on any atom is -0.480 e. The summed E-state index contributed by atoms with van der Waals surface area (Å²) in [6, 6.07) is 8.39. The maximum absolute atomic E-state index is 13.0. The molecule has 1 aromatic heterocycles. The Bertz CT molecular complexity index is 1290. The van der Waals surface area contributed by atoms with Crippen molar-refractivity contribution in [3.8, 4) is 6.07 Å². The molecule has 0 bridgehead atoms. The monoisotopic (exact) mass is 640 g/mol. The smallest absolute Gasteiger partial charge is 0.480 e. The van der Waals surface area contributed by atoms with E-state index in [2.05, 4.69) is 21.4 Å². The number of aromatic amines is 1. The quantitative estimate of drug-likeness (QED) is 0.240. The Morgan fingerprint density at radius 2 is 1.98 bits per heavy atom. The van der Waals surface area contributed by atoms with Crippen LogP contribution < -0.4 is 5.32 Å². The number of carboxylic acids is 2. The fraction of sp³-hybridized carbons (Fsp3) is 0.500. The lowest BCUT2D eigenvalue weighted by atomic mass is 10.1. The third kappa shape index (κ3) is 12.3. The molecule has 2 aromatic rings. The van der Waals surface area contributed by atoms with Gasteiger partial charge in [-0.2, -0.15) is 30.2 Å². The van der Waals surface area contributed by atoms with Crippen LogP contribution >= 0.6 is 11.8 Å². The topological polar surface area (TPSA) is 180 Å². The van der Waals surface area contributed by atoms with Crippen LogP contribution in [-0.4, -0.2) is 104 Å². The van der Waals surface area contributed by atoms with Gasteiger partial charge in [-0.25, -0.2) is 14.6 Å². The van der Waals surface area contributed by atoms with Gasteiger partial charge in [0.1, 0.15) is 6.04 Å². The molecule has 2 amide bonds. The largest absolute Gasteiger partial charge is 0.490 e. The molecule has 4 N–H and O–H groups in total. The van der Waals surface area contributed by atoms with Gasteiger partial charge >= 0.3 is 18.1 Å². The Kier molecular flexibility index (Phi) is 14.7. The van der Waals surface area contributed by atoms with Crippen LogP contribution in [0, 0.1) is 11.3 Å². The second kappa shape index (κ2) is 17.9. The second-order valence-electron chi connectivity index (χ2n) is 9.94. The number of hydrogen-bond acceptors (Lipinski definition) is 8. The number of benzene rings is 1. The fourth-order valence-corrected chi connectivity index (χ4v) is 5.06. The van der Waals surface area contributed by atoms with Crippen LogP contribution in [0.25, 0.3) is 0 Å². The number of carboxylic acid groups (broad SMARTS) is 2. The molecule has 240 valence electrons. The van der Waals surface area contributed by atoms with Crippen LogP contribution in [0.2, 0.25) is 0 Å². The van der Waals surface area contributed by atoms with E-state index in [0.29, 0.717) is 50.2 Å². The van der Waals surface area contributed by atoms with Crippen molar-refractivity contribution in [3.63, 3.8) is 0 Å². The molecule has 0 saturated carbocycles. The summed E-state index contributed by atoms with van der Waals surface area (Å²) < 4.78 is 31.7. The number of H-pyrrole nitrogens is 1. The van der Waals surface area contributed by atoms with Crippen LogP contribution in [0.5, 0.6) is 0 Å². The van der Waals surface area contributed by atoms with E-state index >= 15 is 0 Å². The molecule has 2 heterocycles. The van der Waals surface area contributed by atoms with E-state index in [0.717, 1.165) is 24.1 Å². The van der Waals surface area contributed by atoms with Gasteiger partial charge in [0.25, 0.3) is 0 Å². The van der Waals surface area contributed by atoms with Crippen LogP contribution in [0.3, 0.4) is 0 Å². The molecular formula is C28H35F3N6O6S. The lowest BCUT2D eigenvalue weighted by Crippen LogP contribution is -2.49. The average molecular weight is 641 g/mol. The van der Waals surface area contributed by atoms with Crippen molar-refractivity contribution in [1.82, 2.24) is 25.1 Å². The second-order valence-corrected chi connectivity index (χ2v) is 10.9. The number of nitrogens with one attached hydrogen (secondary N) is 2. The number of halogens is 3. The molecule has 1 fully saturated rings. The zero-order valence-corrected chi connectivity index (χ0v) is 24.9. The van der Waals surface area contributed by atoms with Crippen molar-refractivity contribution in [1.29, 1.82) is 5.26 Å². The SMILES string of the molecule is CSCCC(NC(=O)CN(Cc1ccccc1C#N)C[C@@H]1CCCN1C(=O)CCc1cnc[nH]1)C(=O)O.O=C(O)C(F)(F)F. The molecule has 1 aromatic carbocycles. The van der Waals surface area contributed by atoms with Gasteiger partial charge in [0.05, 0.1) is 24.5 Å². The highest BCUT2D eigenvalue weighted by atomic mass is 32.2. The highest BCUT2D eigenvalue weighted by Gasteiger charge is 2.38. The van der Waals surface area contributed by atoms with E-state index in [1.54, 1.807) is 24.7 Å². The molecule has 0 aliphatic carbocycles. The minimum atomic E-state index is -5.08. The van der Waals surface area contributed by atoms with E-state index in [9.17, 15) is 37.9 Å². The number of nitriles is 1. The summed E-state index contributed by atoms with van der Waals surface area (Å²) in [6.07, 6.45) is 3.09. The summed E-state index contributed by atoms with van der Waals surface area (Å²) in [5.74, 6) is -3.53. The first-order valence-electron chi connectivity index (χ1n) is 13.6. The van der Waals surface area contributed by atoms with E-state index in [4.69, 9.17) is 9.90 Å². The highest BCUT2D eigenvalue weighted by Crippen LogP contribution is 2.21. The van der Waals surface area contributed by atoms with E-state index in [1.165, 1.54) is 11.8 Å². The number of likely N-dealkylation sites (tertiary alicyclic amines) is 1. The molecule has 2 atom stereocenters. The van der Waals surface area contributed by atoms with Gasteiger partial charge in [0.2, 0.25) is 11.8 Å². The number of carbonyl (C=O) groups excluding carboxylic acids is 2. The van der Waals surface area contributed by atoms with Crippen molar-refractivity contribution in [2.75, 3.05) is 31.6 Å². The fourth-order valence-electron chi connectivity index (χ4n) is 4.59. The molecule has 1 aliphatic rings. The Balaban J connectivity index is 0.000000860. The standard InChI is InChI=1S/C26H34N6O4S.C2HF3O2/c1-37-12-10-23(26(35)36)30-24(33)17-31(15-20-6-3-2-5-19(20)13-27)16-22-7-4-11-32(22)25(34)9-8-21-14-28-18-29-21;3-2(4,5)1(6)7/h2-3,5-6,14,18,22-23H,4,7-12,15-17H2,1H3,(H,28,29)(H,30,33)(H,35,36);(H,6,7)/t22-,23?;/m0./s1. The van der Waals surface area contributed by atoms with Crippen LogP contribution in [0.4, 0.5) is 13.2 Å². The van der Waals surface area contributed by atoms with Crippen LogP contribution in [0.1, 0.15) is 42.5 Å². The van der Waals surface area contributed by atoms with Gasteiger partial charge in [-0.3, -0.25) is 14.5 Å². The Hall–Kier alpha value is -4.10. The number of imidazole rings is 1. The van der Waals surface area contributed by atoms with E-state index in [-0.39, 0.29) is 18.5 Å². The third-order valence-corrected chi connectivity index (χ3v) is 7.36. The van der Waals surface area contributed by atoms with Crippen molar-refractivity contribution >= 4 is 35.5 Å². The molecule has 0 spiro atoms. The molecule has 1 aliphatic heterocycles. The van der Waals surface area contributed by atoms with Gasteiger partial charge in [-0.1, -0.05) is 18.2 Å². The molecular weight excluding hydrogens is 605 g/mol. The zero-order chi connectivity index (χ0) is 32.7. The first kappa shape index (κ1) is 36.1. The third-order valence-electron chi connectivity index (χ3n) is 6.71. The van der Waals surface area contributed by atoms with Crippen molar-refractivity contribution in [3.05, 3.63) is 53.6 Å². The number of amides is 2. The Labute approximate surface area is 256 Å². The van der Waals surface area contributed by atoms with Gasteiger partial charge in [-0.05, 0) is 49.3 Å². The molecule has 3 rings (SSSR count). The Morgan fingerprint density at radius 1 is 1.27 bits per heavy atom. The maximum atomic E-state index is 13.0. The van der Waals surface area contributed by atoms with Gasteiger partial charge in [0.15, 0.2) is 0 Å². The van der Waals surface area contributed by atoms with Gasteiger partial charge in [-0.15, -0.1) is 0 Å². The minimum absolute atomic E-state index is 0.0323. The summed E-state index contributed by atoms with van der Waals surface area (Å²) in [4.78, 5) is 57.3. The molecule has 1 unspecified atom stereocenters. The summed E-state index contributed by atoms with van der Waals surface area (Å²) in [5.41, 5.74) is 2.21. The highest BCUT2D eigenvalue weighted by molar-refractivity contribution is 7.98. The predicted molar refractivity (Wildman–Crippen MR) is 154 cm³/mol. The number of aliphatic carboxylic acids is 2. The van der Waals surface area contributed by atoms with Crippen molar-refractivity contribution in [2.24, 2.45) is 0 Å². The van der Waals surface area contributed by atoms with Gasteiger partial charge in [0, 0.05) is 44.0 Å². The normalized spacial score (nSPS) is 15.2. The summed E-state index contributed by atoms with van der Waals surface area (Å²) in [6.45, 7) is 1.42. The number of alkyl halides is 3. The summed E-state index contributed by atoms with van der Waals surface area (Å²) >= 11 is 1.52. The molecule has 0 radical (unpaired) electrons. The summed E-state index contributed by atoms with van der Waals surface area (Å²) in [5, 5.41) is 28.8. The van der Waals surface area contributed by atoms with Gasteiger partial charge < -0.3 is 25.4 Å². The number of hydrogen-bond donors (Lipinski definition) is 4. The lowest BCUT2D eigenvalue weighted by Gasteiger charge is -2.31. The van der Waals surface area contributed by atoms with Crippen molar-refractivity contribution < 1.29 is 42.6 Å².